The minimum Gasteiger partial charge on any atom is -0.392 e. The molecule has 0 fully saturated rings. The Morgan fingerprint density at radius 1 is 1.40 bits per heavy atom. The third kappa shape index (κ3) is 1.82. The summed E-state index contributed by atoms with van der Waals surface area (Å²) >= 11 is 0. The van der Waals surface area contributed by atoms with Crippen molar-refractivity contribution in [3.05, 3.63) is 12.2 Å². The molecule has 0 unspecified atom stereocenters. The van der Waals surface area contributed by atoms with Crippen molar-refractivity contribution in [3.63, 3.8) is 0 Å². The van der Waals surface area contributed by atoms with Gasteiger partial charge in [0, 0.05) is 0 Å². The number of hydrogen-bond acceptors (Lipinski definition) is 2. The first-order valence-corrected chi connectivity index (χ1v) is 3.62. The number of aliphatic hydroxyl groups is 2. The molecule has 0 aromatic carbocycles. The lowest BCUT2D eigenvalue weighted by Crippen LogP contribution is -2.30. The van der Waals surface area contributed by atoms with Gasteiger partial charge in [-0.1, -0.05) is 20.4 Å². The van der Waals surface area contributed by atoms with Gasteiger partial charge in [-0.25, -0.2) is 0 Å². The zero-order chi connectivity index (χ0) is 8.20. The van der Waals surface area contributed by atoms with E-state index in [-0.39, 0.29) is 6.61 Å². The fourth-order valence-corrected chi connectivity index (χ4v) is 0.897. The first-order valence-electron chi connectivity index (χ1n) is 3.62. The molecule has 0 spiro atoms. The molecule has 0 aromatic rings. The first-order chi connectivity index (χ1) is 4.60. The fraction of sp³-hybridized carbons (Fsp3) is 0.750. The molecule has 60 valence electrons. The lowest BCUT2D eigenvalue weighted by molar-refractivity contribution is 0.0588. The van der Waals surface area contributed by atoms with E-state index in [1.54, 1.807) is 0 Å². The van der Waals surface area contributed by atoms with Crippen LogP contribution in [0.3, 0.4) is 0 Å². The van der Waals surface area contributed by atoms with Gasteiger partial charge in [-0.3, -0.25) is 0 Å². The van der Waals surface area contributed by atoms with E-state index < -0.39 is 5.60 Å². The lowest BCUT2D eigenvalue weighted by atomic mass is 9.90. The van der Waals surface area contributed by atoms with Gasteiger partial charge in [-0.05, 0) is 18.4 Å². The molecule has 2 N–H and O–H groups in total. The van der Waals surface area contributed by atoms with Gasteiger partial charge in [0.15, 0.2) is 0 Å². The topological polar surface area (TPSA) is 40.5 Å². The maximum atomic E-state index is 9.64. The van der Waals surface area contributed by atoms with Crippen molar-refractivity contribution in [3.8, 4) is 0 Å². The largest absolute Gasteiger partial charge is 0.392 e. The number of aliphatic hydroxyl groups excluding tert-OH is 1. The van der Waals surface area contributed by atoms with Crippen molar-refractivity contribution in [2.45, 2.75) is 32.3 Å². The van der Waals surface area contributed by atoms with Gasteiger partial charge in [0.25, 0.3) is 0 Å². The summed E-state index contributed by atoms with van der Waals surface area (Å²) in [5.74, 6) is 0. The van der Waals surface area contributed by atoms with Crippen molar-refractivity contribution < 1.29 is 10.2 Å². The summed E-state index contributed by atoms with van der Waals surface area (Å²) in [4.78, 5) is 0. The predicted octanol–water partition coefficient (Wildman–Crippen LogP) is 1.09. The molecule has 0 saturated carbocycles. The molecule has 0 heterocycles. The summed E-state index contributed by atoms with van der Waals surface area (Å²) in [6.45, 7) is 7.22. The Balaban J connectivity index is 4.17. The summed E-state index contributed by atoms with van der Waals surface area (Å²) in [6, 6.07) is 0. The molecule has 0 rings (SSSR count). The third-order valence-corrected chi connectivity index (χ3v) is 2.02. The van der Waals surface area contributed by atoms with Crippen molar-refractivity contribution in [2.24, 2.45) is 0 Å². The Bertz CT molecular complexity index is 114. The molecule has 0 saturated heterocycles. The van der Waals surface area contributed by atoms with E-state index >= 15 is 0 Å². The Morgan fingerprint density at radius 3 is 1.90 bits per heavy atom. The highest BCUT2D eigenvalue weighted by Gasteiger charge is 2.24. The summed E-state index contributed by atoms with van der Waals surface area (Å²) in [5.41, 5.74) is -0.341. The minimum absolute atomic E-state index is 0.127. The monoisotopic (exact) mass is 144 g/mol. The van der Waals surface area contributed by atoms with Crippen LogP contribution in [0.25, 0.3) is 0 Å². The van der Waals surface area contributed by atoms with Crippen LogP contribution in [-0.4, -0.2) is 22.4 Å². The highest BCUT2D eigenvalue weighted by Crippen LogP contribution is 2.22. The molecule has 10 heavy (non-hydrogen) atoms. The van der Waals surface area contributed by atoms with E-state index in [4.69, 9.17) is 5.11 Å². The zero-order valence-electron chi connectivity index (χ0n) is 6.72. The van der Waals surface area contributed by atoms with Crippen LogP contribution in [0, 0.1) is 0 Å². The van der Waals surface area contributed by atoms with Gasteiger partial charge in [0.05, 0.1) is 12.2 Å². The quantitative estimate of drug-likeness (QED) is 0.580. The molecule has 0 amide bonds. The minimum atomic E-state index is -0.852. The van der Waals surface area contributed by atoms with E-state index in [2.05, 4.69) is 6.58 Å². The van der Waals surface area contributed by atoms with Crippen molar-refractivity contribution in [1.29, 1.82) is 0 Å². The van der Waals surface area contributed by atoms with Gasteiger partial charge in [0.2, 0.25) is 0 Å². The molecule has 0 atom stereocenters. The fourth-order valence-electron chi connectivity index (χ4n) is 0.897. The number of hydrogen-bond donors (Lipinski definition) is 2. The van der Waals surface area contributed by atoms with E-state index in [1.165, 1.54) is 0 Å². The maximum Gasteiger partial charge on any atom is 0.0870 e. The third-order valence-electron chi connectivity index (χ3n) is 2.02. The molecule has 0 aliphatic carbocycles. The van der Waals surface area contributed by atoms with E-state index in [0.29, 0.717) is 18.4 Å². The van der Waals surface area contributed by atoms with Crippen molar-refractivity contribution in [1.82, 2.24) is 0 Å². The highest BCUT2D eigenvalue weighted by atomic mass is 16.3. The standard InChI is InChI=1S/C8H16O2/c1-4-8(10,5-2)7(3)6-9/h9-10H,3-6H2,1-2H3. The predicted molar refractivity (Wildman–Crippen MR) is 41.8 cm³/mol. The van der Waals surface area contributed by atoms with Gasteiger partial charge in [0.1, 0.15) is 0 Å². The number of rotatable bonds is 4. The van der Waals surface area contributed by atoms with Crippen LogP contribution in [0.1, 0.15) is 26.7 Å². The highest BCUT2D eigenvalue weighted by molar-refractivity contribution is 5.11. The summed E-state index contributed by atoms with van der Waals surface area (Å²) < 4.78 is 0. The Morgan fingerprint density at radius 2 is 1.80 bits per heavy atom. The van der Waals surface area contributed by atoms with Crippen molar-refractivity contribution >= 4 is 0 Å². The molecular weight excluding hydrogens is 128 g/mol. The first kappa shape index (κ1) is 9.66. The molecule has 0 radical (unpaired) electrons. The zero-order valence-corrected chi connectivity index (χ0v) is 6.72. The van der Waals surface area contributed by atoms with Crippen LogP contribution >= 0.6 is 0 Å². The van der Waals surface area contributed by atoms with Gasteiger partial charge < -0.3 is 10.2 Å². The molecule has 2 nitrogen and oxygen atoms in total. The van der Waals surface area contributed by atoms with Gasteiger partial charge in [-0.15, -0.1) is 0 Å². The SMILES string of the molecule is C=C(CO)C(O)(CC)CC. The molecule has 0 aromatic heterocycles. The van der Waals surface area contributed by atoms with E-state index in [0.717, 1.165) is 0 Å². The summed E-state index contributed by atoms with van der Waals surface area (Å²) in [7, 11) is 0. The molecule has 0 aliphatic rings. The lowest BCUT2D eigenvalue weighted by Gasteiger charge is -2.26. The van der Waals surface area contributed by atoms with Crippen LogP contribution < -0.4 is 0 Å². The Hall–Kier alpha value is -0.340. The van der Waals surface area contributed by atoms with E-state index in [9.17, 15) is 5.11 Å². The maximum absolute atomic E-state index is 9.64. The average molecular weight is 144 g/mol. The normalized spacial score (nSPS) is 11.6. The smallest absolute Gasteiger partial charge is 0.0870 e. The van der Waals surface area contributed by atoms with Crippen LogP contribution in [-0.2, 0) is 0 Å². The average Bonchev–Trinajstić information content (AvgIpc) is 2.01. The van der Waals surface area contributed by atoms with Gasteiger partial charge in [-0.2, -0.15) is 0 Å². The molecular formula is C8H16O2. The molecule has 0 bridgehead atoms. The van der Waals surface area contributed by atoms with Crippen LogP contribution in [0.5, 0.6) is 0 Å². The van der Waals surface area contributed by atoms with Crippen LogP contribution in [0.4, 0.5) is 0 Å². The van der Waals surface area contributed by atoms with E-state index in [1.807, 2.05) is 13.8 Å². The second-order valence-corrected chi connectivity index (χ2v) is 2.50. The summed E-state index contributed by atoms with van der Waals surface area (Å²) in [6.07, 6.45) is 1.23. The second-order valence-electron chi connectivity index (χ2n) is 2.50. The molecule has 2 heteroatoms. The second kappa shape index (κ2) is 3.74. The Labute approximate surface area is 62.2 Å². The van der Waals surface area contributed by atoms with Crippen LogP contribution in [0.2, 0.25) is 0 Å². The Kier molecular flexibility index (Phi) is 3.61. The van der Waals surface area contributed by atoms with Gasteiger partial charge >= 0.3 is 0 Å². The van der Waals surface area contributed by atoms with Crippen molar-refractivity contribution in [2.75, 3.05) is 6.61 Å². The summed E-state index contributed by atoms with van der Waals surface area (Å²) in [5, 5.41) is 18.3. The molecule has 0 aliphatic heterocycles. The van der Waals surface area contributed by atoms with Crippen LogP contribution in [0.15, 0.2) is 12.2 Å².